The SMILES string of the molecule is Cn1ccc(CCNC(=O)c2cc(F)ccc2O)n1. The third-order valence-corrected chi connectivity index (χ3v) is 2.64. The maximum absolute atomic E-state index is 13.0. The minimum absolute atomic E-state index is 0.0685. The Bertz CT molecular complexity index is 595. The van der Waals surface area contributed by atoms with Crippen molar-refractivity contribution < 1.29 is 14.3 Å². The van der Waals surface area contributed by atoms with Crippen molar-refractivity contribution in [3.05, 3.63) is 47.5 Å². The van der Waals surface area contributed by atoms with Crippen LogP contribution in [-0.2, 0) is 13.5 Å². The summed E-state index contributed by atoms with van der Waals surface area (Å²) in [6.07, 6.45) is 2.39. The van der Waals surface area contributed by atoms with Gasteiger partial charge in [0.25, 0.3) is 5.91 Å². The average molecular weight is 263 g/mol. The van der Waals surface area contributed by atoms with Gasteiger partial charge in [-0.25, -0.2) is 4.39 Å². The van der Waals surface area contributed by atoms with Crippen LogP contribution in [0.5, 0.6) is 5.75 Å². The smallest absolute Gasteiger partial charge is 0.255 e. The number of halogens is 1. The fourth-order valence-corrected chi connectivity index (χ4v) is 1.69. The van der Waals surface area contributed by atoms with E-state index in [-0.39, 0.29) is 11.3 Å². The van der Waals surface area contributed by atoms with E-state index in [0.717, 1.165) is 23.9 Å². The molecule has 1 amide bonds. The van der Waals surface area contributed by atoms with Gasteiger partial charge in [-0.1, -0.05) is 0 Å². The molecule has 1 aromatic carbocycles. The quantitative estimate of drug-likeness (QED) is 0.872. The molecule has 2 rings (SSSR count). The van der Waals surface area contributed by atoms with Crippen molar-refractivity contribution >= 4 is 5.91 Å². The van der Waals surface area contributed by atoms with E-state index in [9.17, 15) is 14.3 Å². The lowest BCUT2D eigenvalue weighted by Gasteiger charge is -2.06. The zero-order valence-corrected chi connectivity index (χ0v) is 10.4. The highest BCUT2D eigenvalue weighted by molar-refractivity contribution is 5.96. The Morgan fingerprint density at radius 1 is 1.47 bits per heavy atom. The fraction of sp³-hybridized carbons (Fsp3) is 0.231. The predicted molar refractivity (Wildman–Crippen MR) is 67.3 cm³/mol. The second kappa shape index (κ2) is 5.51. The van der Waals surface area contributed by atoms with Crippen molar-refractivity contribution in [3.63, 3.8) is 0 Å². The van der Waals surface area contributed by atoms with Crippen LogP contribution in [0.2, 0.25) is 0 Å². The lowest BCUT2D eigenvalue weighted by atomic mass is 10.2. The number of benzene rings is 1. The van der Waals surface area contributed by atoms with Crippen LogP contribution >= 0.6 is 0 Å². The van der Waals surface area contributed by atoms with Gasteiger partial charge in [-0.05, 0) is 24.3 Å². The Balaban J connectivity index is 1.92. The summed E-state index contributed by atoms with van der Waals surface area (Å²) in [4.78, 5) is 11.7. The van der Waals surface area contributed by atoms with E-state index < -0.39 is 11.7 Å². The molecule has 0 spiro atoms. The molecular formula is C13H14FN3O2. The molecule has 100 valence electrons. The first-order chi connectivity index (χ1) is 9.06. The summed E-state index contributed by atoms with van der Waals surface area (Å²) in [5.74, 6) is -1.31. The van der Waals surface area contributed by atoms with E-state index in [1.54, 1.807) is 4.68 Å². The summed E-state index contributed by atoms with van der Waals surface area (Å²) in [5, 5.41) is 16.3. The van der Waals surface area contributed by atoms with Gasteiger partial charge in [0.05, 0.1) is 11.3 Å². The van der Waals surface area contributed by atoms with Crippen molar-refractivity contribution in [3.8, 4) is 5.75 Å². The average Bonchev–Trinajstić information content (AvgIpc) is 2.78. The molecule has 0 aliphatic carbocycles. The van der Waals surface area contributed by atoms with E-state index in [0.29, 0.717) is 13.0 Å². The summed E-state index contributed by atoms with van der Waals surface area (Å²) in [7, 11) is 1.81. The lowest BCUT2D eigenvalue weighted by Crippen LogP contribution is -2.26. The van der Waals surface area contributed by atoms with Crippen LogP contribution in [-0.4, -0.2) is 27.3 Å². The van der Waals surface area contributed by atoms with Crippen molar-refractivity contribution in [2.24, 2.45) is 7.05 Å². The van der Waals surface area contributed by atoms with Crippen molar-refractivity contribution in [2.75, 3.05) is 6.54 Å². The summed E-state index contributed by atoms with van der Waals surface area (Å²) in [6, 6.07) is 5.11. The number of rotatable bonds is 4. The maximum Gasteiger partial charge on any atom is 0.255 e. The number of carbonyl (C=O) groups excluding carboxylic acids is 1. The van der Waals surface area contributed by atoms with Gasteiger partial charge in [-0.15, -0.1) is 0 Å². The second-order valence-electron chi connectivity index (χ2n) is 4.15. The number of hydrogen-bond donors (Lipinski definition) is 2. The van der Waals surface area contributed by atoms with Crippen LogP contribution in [0.1, 0.15) is 16.1 Å². The van der Waals surface area contributed by atoms with Gasteiger partial charge in [0.2, 0.25) is 0 Å². The largest absolute Gasteiger partial charge is 0.507 e. The fourth-order valence-electron chi connectivity index (χ4n) is 1.69. The number of aryl methyl sites for hydroxylation is 1. The number of nitrogens with one attached hydrogen (secondary N) is 1. The Morgan fingerprint density at radius 3 is 2.95 bits per heavy atom. The summed E-state index contributed by atoms with van der Waals surface area (Å²) in [5.41, 5.74) is 0.785. The van der Waals surface area contributed by atoms with Crippen molar-refractivity contribution in [2.45, 2.75) is 6.42 Å². The molecule has 0 bridgehead atoms. The molecule has 5 nitrogen and oxygen atoms in total. The van der Waals surface area contributed by atoms with Crippen LogP contribution < -0.4 is 5.32 Å². The lowest BCUT2D eigenvalue weighted by molar-refractivity contribution is 0.0951. The number of nitrogens with zero attached hydrogens (tertiary/aromatic N) is 2. The van der Waals surface area contributed by atoms with Crippen LogP contribution in [0, 0.1) is 5.82 Å². The number of carbonyl (C=O) groups is 1. The van der Waals surface area contributed by atoms with E-state index in [2.05, 4.69) is 10.4 Å². The van der Waals surface area contributed by atoms with E-state index in [1.807, 2.05) is 19.3 Å². The van der Waals surface area contributed by atoms with E-state index in [4.69, 9.17) is 0 Å². The second-order valence-corrected chi connectivity index (χ2v) is 4.15. The molecule has 2 N–H and O–H groups in total. The molecule has 0 radical (unpaired) electrons. The third-order valence-electron chi connectivity index (χ3n) is 2.64. The number of phenols is 1. The molecule has 0 atom stereocenters. The van der Waals surface area contributed by atoms with Gasteiger partial charge < -0.3 is 10.4 Å². The summed E-state index contributed by atoms with van der Waals surface area (Å²) >= 11 is 0. The first kappa shape index (κ1) is 13.1. The minimum Gasteiger partial charge on any atom is -0.507 e. The molecular weight excluding hydrogens is 249 g/mol. The monoisotopic (exact) mass is 263 g/mol. The molecule has 1 heterocycles. The molecule has 1 aromatic heterocycles. The minimum atomic E-state index is -0.562. The van der Waals surface area contributed by atoms with E-state index >= 15 is 0 Å². The highest BCUT2D eigenvalue weighted by Gasteiger charge is 2.11. The summed E-state index contributed by atoms with van der Waals surface area (Å²) in [6.45, 7) is 0.367. The topological polar surface area (TPSA) is 67.2 Å². The van der Waals surface area contributed by atoms with Gasteiger partial charge in [-0.2, -0.15) is 5.10 Å². The highest BCUT2D eigenvalue weighted by Crippen LogP contribution is 2.17. The Kier molecular flexibility index (Phi) is 3.79. The normalized spacial score (nSPS) is 10.4. The molecule has 0 saturated carbocycles. The third kappa shape index (κ3) is 3.31. The van der Waals surface area contributed by atoms with Gasteiger partial charge >= 0.3 is 0 Å². The number of hydrogen-bond acceptors (Lipinski definition) is 3. The number of amides is 1. The van der Waals surface area contributed by atoms with Crippen LogP contribution in [0.25, 0.3) is 0 Å². The van der Waals surface area contributed by atoms with Gasteiger partial charge in [0.15, 0.2) is 0 Å². The van der Waals surface area contributed by atoms with Gasteiger partial charge in [0, 0.05) is 26.2 Å². The Hall–Kier alpha value is -2.37. The van der Waals surface area contributed by atoms with E-state index in [1.165, 1.54) is 0 Å². The molecule has 0 fully saturated rings. The van der Waals surface area contributed by atoms with Crippen LogP contribution in [0.15, 0.2) is 30.5 Å². The molecule has 2 aromatic rings. The predicted octanol–water partition coefficient (Wildman–Crippen LogP) is 1.24. The Labute approximate surface area is 109 Å². The molecule has 6 heteroatoms. The zero-order valence-electron chi connectivity index (χ0n) is 10.4. The van der Waals surface area contributed by atoms with Gasteiger partial charge in [-0.3, -0.25) is 9.48 Å². The Morgan fingerprint density at radius 2 is 2.26 bits per heavy atom. The standard InChI is InChI=1S/C13H14FN3O2/c1-17-7-5-10(16-17)4-6-15-13(19)11-8-9(14)2-3-12(11)18/h2-3,5,7-8,18H,4,6H2,1H3,(H,15,19). The summed E-state index contributed by atoms with van der Waals surface area (Å²) < 4.78 is 14.7. The van der Waals surface area contributed by atoms with Crippen molar-refractivity contribution in [1.29, 1.82) is 0 Å². The molecule has 19 heavy (non-hydrogen) atoms. The number of aromatic nitrogens is 2. The van der Waals surface area contributed by atoms with Crippen LogP contribution in [0.3, 0.4) is 0 Å². The van der Waals surface area contributed by atoms with Crippen molar-refractivity contribution in [1.82, 2.24) is 15.1 Å². The first-order valence-corrected chi connectivity index (χ1v) is 5.81. The zero-order chi connectivity index (χ0) is 13.8. The van der Waals surface area contributed by atoms with Gasteiger partial charge in [0.1, 0.15) is 11.6 Å². The molecule has 0 aliphatic rings. The van der Waals surface area contributed by atoms with Crippen LogP contribution in [0.4, 0.5) is 4.39 Å². The molecule has 0 saturated heterocycles. The maximum atomic E-state index is 13.0. The highest BCUT2D eigenvalue weighted by atomic mass is 19.1. The number of phenolic OH excluding ortho intramolecular Hbond substituents is 1. The number of aromatic hydroxyl groups is 1. The first-order valence-electron chi connectivity index (χ1n) is 5.81. The molecule has 0 unspecified atom stereocenters. The molecule has 0 aliphatic heterocycles.